The van der Waals surface area contributed by atoms with E-state index in [1.807, 2.05) is 31.4 Å². The highest BCUT2D eigenvalue weighted by Gasteiger charge is 2.37. The SMILES string of the molecule is CC(C)(NC(=O)O[C@@H]1CN2CCC1CC2)c1csc(-c2ccc(O)cc2)n1. The van der Waals surface area contributed by atoms with E-state index in [0.717, 1.165) is 48.7 Å². The number of phenolic OH excluding ortho intramolecular Hbond substituents is 1. The lowest BCUT2D eigenvalue weighted by molar-refractivity contribution is -0.0350. The first-order valence-corrected chi connectivity index (χ1v) is 10.3. The molecule has 0 radical (unpaired) electrons. The lowest BCUT2D eigenvalue weighted by atomic mass is 9.86. The molecule has 4 heterocycles. The molecule has 1 aromatic heterocycles. The predicted molar refractivity (Wildman–Crippen MR) is 105 cm³/mol. The maximum absolute atomic E-state index is 12.5. The van der Waals surface area contributed by atoms with Gasteiger partial charge in [-0.15, -0.1) is 11.3 Å². The Morgan fingerprint density at radius 2 is 2.00 bits per heavy atom. The van der Waals surface area contributed by atoms with Crippen LogP contribution in [0.3, 0.4) is 0 Å². The summed E-state index contributed by atoms with van der Waals surface area (Å²) in [7, 11) is 0. The highest BCUT2D eigenvalue weighted by atomic mass is 32.1. The van der Waals surface area contributed by atoms with Crippen LogP contribution >= 0.6 is 11.3 Å². The van der Waals surface area contributed by atoms with E-state index in [1.54, 1.807) is 12.1 Å². The molecule has 1 atom stereocenters. The maximum atomic E-state index is 12.5. The third-order valence-electron chi connectivity index (χ3n) is 5.53. The Balaban J connectivity index is 1.41. The van der Waals surface area contributed by atoms with Crippen LogP contribution in [0.2, 0.25) is 0 Å². The fourth-order valence-electron chi connectivity index (χ4n) is 3.83. The normalized spacial score (nSPS) is 24.6. The molecule has 3 aliphatic rings. The van der Waals surface area contributed by atoms with E-state index < -0.39 is 5.54 Å². The number of amides is 1. The van der Waals surface area contributed by atoms with Crippen LogP contribution in [0.4, 0.5) is 4.79 Å². The van der Waals surface area contributed by atoms with E-state index in [2.05, 4.69) is 15.2 Å². The number of piperidine rings is 3. The van der Waals surface area contributed by atoms with Crippen molar-refractivity contribution in [1.82, 2.24) is 15.2 Å². The summed E-state index contributed by atoms with van der Waals surface area (Å²) < 4.78 is 5.74. The van der Waals surface area contributed by atoms with Crippen molar-refractivity contribution in [3.63, 3.8) is 0 Å². The average molecular weight is 388 g/mol. The van der Waals surface area contributed by atoms with Crippen molar-refractivity contribution in [2.75, 3.05) is 19.6 Å². The van der Waals surface area contributed by atoms with Crippen molar-refractivity contribution in [3.05, 3.63) is 35.3 Å². The second-order valence-corrected chi connectivity index (χ2v) is 8.77. The number of ether oxygens (including phenoxy) is 1. The van der Waals surface area contributed by atoms with E-state index >= 15 is 0 Å². The molecule has 1 aromatic carbocycles. The fourth-order valence-corrected chi connectivity index (χ4v) is 4.82. The number of aromatic hydroxyl groups is 1. The third kappa shape index (κ3) is 3.94. The van der Waals surface area contributed by atoms with Crippen LogP contribution in [0.5, 0.6) is 5.75 Å². The molecule has 6 nitrogen and oxygen atoms in total. The van der Waals surface area contributed by atoms with Gasteiger partial charge in [0.1, 0.15) is 16.9 Å². The fraction of sp³-hybridized carbons (Fsp3) is 0.500. The molecule has 0 aliphatic carbocycles. The highest BCUT2D eigenvalue weighted by molar-refractivity contribution is 7.13. The van der Waals surface area contributed by atoms with Gasteiger partial charge in [0.05, 0.1) is 11.2 Å². The predicted octanol–water partition coefficient (Wildman–Crippen LogP) is 3.57. The van der Waals surface area contributed by atoms with Gasteiger partial charge in [-0.05, 0) is 70.0 Å². The van der Waals surface area contributed by atoms with Gasteiger partial charge < -0.3 is 15.2 Å². The van der Waals surface area contributed by atoms with E-state index in [9.17, 15) is 9.90 Å². The number of phenols is 1. The van der Waals surface area contributed by atoms with Crippen molar-refractivity contribution in [1.29, 1.82) is 0 Å². The van der Waals surface area contributed by atoms with Crippen molar-refractivity contribution in [2.24, 2.45) is 5.92 Å². The summed E-state index contributed by atoms with van der Waals surface area (Å²) in [4.78, 5) is 19.5. The van der Waals surface area contributed by atoms with Gasteiger partial charge in [0.15, 0.2) is 0 Å². The van der Waals surface area contributed by atoms with Crippen LogP contribution in [-0.4, -0.2) is 46.8 Å². The number of aromatic nitrogens is 1. The second kappa shape index (κ2) is 7.13. The first kappa shape index (κ1) is 18.3. The van der Waals surface area contributed by atoms with Gasteiger partial charge in [-0.3, -0.25) is 4.90 Å². The zero-order valence-electron chi connectivity index (χ0n) is 15.6. The minimum Gasteiger partial charge on any atom is -0.508 e. The Bertz CT molecular complexity index is 810. The minimum absolute atomic E-state index is 0.00806. The number of rotatable bonds is 4. The first-order valence-electron chi connectivity index (χ1n) is 9.37. The number of nitrogens with zero attached hydrogens (tertiary/aromatic N) is 2. The molecule has 3 saturated heterocycles. The Morgan fingerprint density at radius 3 is 2.63 bits per heavy atom. The minimum atomic E-state index is -0.628. The van der Waals surface area contributed by atoms with Gasteiger partial charge in [-0.2, -0.15) is 0 Å². The largest absolute Gasteiger partial charge is 0.508 e. The van der Waals surface area contributed by atoms with E-state index in [0.29, 0.717) is 5.92 Å². The van der Waals surface area contributed by atoms with E-state index in [-0.39, 0.29) is 17.9 Å². The number of thiazole rings is 1. The zero-order chi connectivity index (χ0) is 19.0. The van der Waals surface area contributed by atoms with Gasteiger partial charge in [0.25, 0.3) is 0 Å². The molecule has 0 unspecified atom stereocenters. The van der Waals surface area contributed by atoms with Crippen LogP contribution in [0.15, 0.2) is 29.6 Å². The molecule has 5 rings (SSSR count). The molecule has 3 aliphatic heterocycles. The standard InChI is InChI=1S/C20H25N3O3S/c1-20(2,17-12-27-18(21-17)14-3-5-15(24)6-4-14)22-19(25)26-16-11-23-9-7-13(16)8-10-23/h3-6,12-13,16,24H,7-11H2,1-2H3,(H,22,25)/t16-/m1/s1. The molecule has 0 spiro atoms. The average Bonchev–Trinajstić information content (AvgIpc) is 3.14. The van der Waals surface area contributed by atoms with Crippen LogP contribution in [-0.2, 0) is 10.3 Å². The molecule has 2 N–H and O–H groups in total. The molecule has 3 fully saturated rings. The number of carbonyl (C=O) groups is 1. The molecule has 27 heavy (non-hydrogen) atoms. The lowest BCUT2D eigenvalue weighted by Crippen LogP contribution is -2.53. The lowest BCUT2D eigenvalue weighted by Gasteiger charge is -2.44. The summed E-state index contributed by atoms with van der Waals surface area (Å²) >= 11 is 1.52. The van der Waals surface area contributed by atoms with Crippen molar-refractivity contribution in [3.8, 4) is 16.3 Å². The smallest absolute Gasteiger partial charge is 0.408 e. The maximum Gasteiger partial charge on any atom is 0.408 e. The number of benzene rings is 1. The monoisotopic (exact) mass is 387 g/mol. The number of carbonyl (C=O) groups excluding carboxylic acids is 1. The molecule has 144 valence electrons. The van der Waals surface area contributed by atoms with Crippen molar-refractivity contribution >= 4 is 17.4 Å². The number of hydrogen-bond donors (Lipinski definition) is 2. The summed E-state index contributed by atoms with van der Waals surface area (Å²) in [6.45, 7) is 6.95. The van der Waals surface area contributed by atoms with Gasteiger partial charge in [-0.1, -0.05) is 0 Å². The topological polar surface area (TPSA) is 74.7 Å². The number of nitrogens with one attached hydrogen (secondary N) is 1. The molecule has 2 aromatic rings. The Morgan fingerprint density at radius 1 is 1.30 bits per heavy atom. The van der Waals surface area contributed by atoms with Crippen LogP contribution in [0, 0.1) is 5.92 Å². The van der Waals surface area contributed by atoms with Crippen LogP contribution < -0.4 is 5.32 Å². The Hall–Kier alpha value is -2.12. The summed E-state index contributed by atoms with van der Waals surface area (Å²) in [5, 5.41) is 15.2. The molecule has 2 bridgehead atoms. The summed E-state index contributed by atoms with van der Waals surface area (Å²) in [6, 6.07) is 6.95. The highest BCUT2D eigenvalue weighted by Crippen LogP contribution is 2.31. The number of fused-ring (bicyclic) bond motifs is 3. The van der Waals surface area contributed by atoms with E-state index in [1.165, 1.54) is 11.3 Å². The third-order valence-corrected chi connectivity index (χ3v) is 6.42. The number of hydrogen-bond acceptors (Lipinski definition) is 6. The number of alkyl carbamates (subject to hydrolysis) is 1. The molecular formula is C20H25N3O3S. The van der Waals surface area contributed by atoms with Crippen LogP contribution in [0.25, 0.3) is 10.6 Å². The summed E-state index contributed by atoms with van der Waals surface area (Å²) in [6.07, 6.45) is 1.84. The van der Waals surface area contributed by atoms with E-state index in [4.69, 9.17) is 4.74 Å². The van der Waals surface area contributed by atoms with Crippen LogP contribution in [0.1, 0.15) is 32.4 Å². The van der Waals surface area contributed by atoms with Gasteiger partial charge in [-0.25, -0.2) is 9.78 Å². The quantitative estimate of drug-likeness (QED) is 0.839. The second-order valence-electron chi connectivity index (χ2n) is 7.92. The van der Waals surface area contributed by atoms with Crippen molar-refractivity contribution < 1.29 is 14.6 Å². The van der Waals surface area contributed by atoms with Crippen molar-refractivity contribution in [2.45, 2.75) is 38.3 Å². The summed E-state index contributed by atoms with van der Waals surface area (Å²) in [5.74, 6) is 0.720. The zero-order valence-corrected chi connectivity index (χ0v) is 16.5. The first-order chi connectivity index (χ1) is 12.9. The van der Waals surface area contributed by atoms with Gasteiger partial charge in [0, 0.05) is 17.5 Å². The Labute approximate surface area is 163 Å². The molecule has 1 amide bonds. The Kier molecular flexibility index (Phi) is 4.82. The molecular weight excluding hydrogens is 362 g/mol. The molecule has 0 saturated carbocycles. The van der Waals surface area contributed by atoms with Gasteiger partial charge in [0.2, 0.25) is 0 Å². The molecule has 7 heteroatoms. The van der Waals surface area contributed by atoms with Gasteiger partial charge >= 0.3 is 6.09 Å². The summed E-state index contributed by atoms with van der Waals surface area (Å²) in [5.41, 5.74) is 1.10.